The Balaban J connectivity index is 2.54. The smallest absolute Gasteiger partial charge is 0.271 e. The van der Waals surface area contributed by atoms with Crippen LogP contribution in [0.5, 0.6) is 0 Å². The molecule has 2 aromatic rings. The zero-order valence-electron chi connectivity index (χ0n) is 9.04. The van der Waals surface area contributed by atoms with E-state index < -0.39 is 15.9 Å². The Morgan fingerprint density at radius 2 is 1.76 bits per heavy atom. The molecule has 0 aromatic heterocycles. The zero-order chi connectivity index (χ0) is 12.2. The Bertz CT molecular complexity index is 744. The van der Waals surface area contributed by atoms with Crippen LogP contribution in [0.2, 0.25) is 0 Å². The van der Waals surface area contributed by atoms with Crippen LogP contribution in [-0.4, -0.2) is 14.3 Å². The lowest BCUT2D eigenvalue weighted by Crippen LogP contribution is -2.31. The van der Waals surface area contributed by atoms with Crippen molar-refractivity contribution < 1.29 is 13.2 Å². The fraction of sp³-hybridized carbons (Fsp3) is 0.0833. The first-order chi connectivity index (χ1) is 8.03. The Labute approximate surface area is 98.5 Å². The maximum Gasteiger partial charge on any atom is 0.271 e. The number of rotatable bonds is 0. The van der Waals surface area contributed by atoms with E-state index in [9.17, 15) is 13.2 Å². The summed E-state index contributed by atoms with van der Waals surface area (Å²) >= 11 is 0. The molecule has 4 nitrogen and oxygen atoms in total. The predicted molar refractivity (Wildman–Crippen MR) is 64.3 cm³/mol. The highest BCUT2D eigenvalue weighted by Crippen LogP contribution is 2.41. The van der Waals surface area contributed by atoms with Gasteiger partial charge in [0.15, 0.2) is 0 Å². The number of hydrogen-bond acceptors (Lipinski definition) is 3. The highest BCUT2D eigenvalue weighted by atomic mass is 32.2. The van der Waals surface area contributed by atoms with Gasteiger partial charge in [-0.05, 0) is 17.5 Å². The van der Waals surface area contributed by atoms with E-state index in [0.717, 1.165) is 9.69 Å². The number of carbonyl (C=O) groups is 1. The number of sulfonamides is 1. The minimum Gasteiger partial charge on any atom is -0.274 e. The number of anilines is 1. The standard InChI is InChI=1S/C12H9NO3S/c1-8(14)13-10-6-2-4-9-5-3-7-11(12(9)10)17(13,15)16/h2-7H,1H3. The van der Waals surface area contributed by atoms with E-state index in [1.807, 2.05) is 12.1 Å². The largest absolute Gasteiger partial charge is 0.274 e. The first kappa shape index (κ1) is 10.3. The summed E-state index contributed by atoms with van der Waals surface area (Å²) in [6.07, 6.45) is 0. The van der Waals surface area contributed by atoms with Gasteiger partial charge >= 0.3 is 0 Å². The summed E-state index contributed by atoms with van der Waals surface area (Å²) in [6.45, 7) is 1.25. The van der Waals surface area contributed by atoms with Crippen LogP contribution in [0.1, 0.15) is 6.92 Å². The number of carbonyl (C=O) groups excluding carboxylic acids is 1. The molecule has 0 aliphatic carbocycles. The molecule has 5 heteroatoms. The van der Waals surface area contributed by atoms with E-state index in [1.54, 1.807) is 18.2 Å². The maximum absolute atomic E-state index is 12.2. The van der Waals surface area contributed by atoms with Crippen LogP contribution in [0.3, 0.4) is 0 Å². The van der Waals surface area contributed by atoms with Gasteiger partial charge < -0.3 is 0 Å². The van der Waals surface area contributed by atoms with E-state index in [4.69, 9.17) is 0 Å². The van der Waals surface area contributed by atoms with Gasteiger partial charge in [0.25, 0.3) is 10.0 Å². The average molecular weight is 247 g/mol. The van der Waals surface area contributed by atoms with Crippen molar-refractivity contribution >= 4 is 32.4 Å². The van der Waals surface area contributed by atoms with Gasteiger partial charge in [0.1, 0.15) is 0 Å². The molecule has 1 amide bonds. The van der Waals surface area contributed by atoms with Gasteiger partial charge in [-0.15, -0.1) is 0 Å². The number of amides is 1. The van der Waals surface area contributed by atoms with Crippen LogP contribution in [0.15, 0.2) is 41.3 Å². The number of hydrogen-bond donors (Lipinski definition) is 0. The van der Waals surface area contributed by atoms with Gasteiger partial charge in [0.05, 0.1) is 10.6 Å². The fourth-order valence-corrected chi connectivity index (χ4v) is 3.92. The molecule has 86 valence electrons. The van der Waals surface area contributed by atoms with E-state index in [1.165, 1.54) is 13.0 Å². The lowest BCUT2D eigenvalue weighted by Gasteiger charge is -2.13. The highest BCUT2D eigenvalue weighted by molar-refractivity contribution is 7.94. The Hall–Kier alpha value is -1.88. The van der Waals surface area contributed by atoms with Gasteiger partial charge in [0, 0.05) is 12.3 Å². The van der Waals surface area contributed by atoms with Gasteiger partial charge in [0.2, 0.25) is 5.91 Å². The molecule has 0 radical (unpaired) electrons. The van der Waals surface area contributed by atoms with Crippen molar-refractivity contribution in [2.75, 3.05) is 4.31 Å². The van der Waals surface area contributed by atoms with E-state index in [0.29, 0.717) is 11.1 Å². The van der Waals surface area contributed by atoms with Crippen LogP contribution < -0.4 is 4.31 Å². The second-order valence-electron chi connectivity index (χ2n) is 3.92. The van der Waals surface area contributed by atoms with Gasteiger partial charge in [-0.1, -0.05) is 24.3 Å². The molecule has 1 aliphatic rings. The van der Waals surface area contributed by atoms with Crippen LogP contribution in [0.4, 0.5) is 5.69 Å². The molecular formula is C12H9NO3S. The van der Waals surface area contributed by atoms with Crippen molar-refractivity contribution in [1.29, 1.82) is 0 Å². The van der Waals surface area contributed by atoms with E-state index >= 15 is 0 Å². The summed E-state index contributed by atoms with van der Waals surface area (Å²) in [4.78, 5) is 11.7. The molecule has 17 heavy (non-hydrogen) atoms. The zero-order valence-corrected chi connectivity index (χ0v) is 9.86. The molecule has 0 saturated heterocycles. The fourth-order valence-electron chi connectivity index (χ4n) is 2.24. The van der Waals surface area contributed by atoms with Crippen LogP contribution >= 0.6 is 0 Å². The second kappa shape index (κ2) is 3.07. The lowest BCUT2D eigenvalue weighted by atomic mass is 10.1. The normalized spacial score (nSPS) is 16.4. The van der Waals surface area contributed by atoms with Crippen molar-refractivity contribution in [3.8, 4) is 0 Å². The molecule has 2 aromatic carbocycles. The third-order valence-electron chi connectivity index (χ3n) is 2.87. The molecule has 0 fully saturated rings. The first-order valence-corrected chi connectivity index (χ1v) is 6.55. The van der Waals surface area contributed by atoms with Crippen molar-refractivity contribution in [2.45, 2.75) is 11.8 Å². The van der Waals surface area contributed by atoms with Crippen LogP contribution in [0, 0.1) is 0 Å². The highest BCUT2D eigenvalue weighted by Gasteiger charge is 2.37. The van der Waals surface area contributed by atoms with Crippen molar-refractivity contribution in [3.63, 3.8) is 0 Å². The monoisotopic (exact) mass is 247 g/mol. The lowest BCUT2D eigenvalue weighted by molar-refractivity contribution is -0.115. The number of nitrogens with zero attached hydrogens (tertiary/aromatic N) is 1. The van der Waals surface area contributed by atoms with Gasteiger partial charge in [-0.25, -0.2) is 12.7 Å². The van der Waals surface area contributed by atoms with Gasteiger partial charge in [-0.2, -0.15) is 0 Å². The molecular weight excluding hydrogens is 238 g/mol. The molecule has 0 unspecified atom stereocenters. The molecule has 1 aliphatic heterocycles. The molecule has 0 spiro atoms. The van der Waals surface area contributed by atoms with Crippen molar-refractivity contribution in [1.82, 2.24) is 0 Å². The first-order valence-electron chi connectivity index (χ1n) is 5.11. The van der Waals surface area contributed by atoms with E-state index in [2.05, 4.69) is 0 Å². The van der Waals surface area contributed by atoms with Crippen LogP contribution in [0.25, 0.3) is 10.8 Å². The van der Waals surface area contributed by atoms with Crippen molar-refractivity contribution in [2.24, 2.45) is 0 Å². The van der Waals surface area contributed by atoms with Crippen molar-refractivity contribution in [3.05, 3.63) is 36.4 Å². The third kappa shape index (κ3) is 1.17. The molecule has 3 rings (SSSR count). The Morgan fingerprint density at radius 3 is 2.41 bits per heavy atom. The minimum absolute atomic E-state index is 0.209. The summed E-state index contributed by atoms with van der Waals surface area (Å²) in [7, 11) is -3.71. The third-order valence-corrected chi connectivity index (χ3v) is 4.70. The topological polar surface area (TPSA) is 54.5 Å². The minimum atomic E-state index is -3.71. The molecule has 1 heterocycles. The Morgan fingerprint density at radius 1 is 1.12 bits per heavy atom. The van der Waals surface area contributed by atoms with Gasteiger partial charge in [-0.3, -0.25) is 4.79 Å². The Kier molecular flexibility index (Phi) is 1.86. The molecule has 0 N–H and O–H groups in total. The second-order valence-corrected chi connectivity index (χ2v) is 5.67. The molecule has 0 saturated carbocycles. The summed E-state index contributed by atoms with van der Waals surface area (Å²) in [5, 5.41) is 1.46. The molecule has 0 bridgehead atoms. The predicted octanol–water partition coefficient (Wildman–Crippen LogP) is 1.90. The molecule has 0 atom stereocenters. The number of benzene rings is 2. The van der Waals surface area contributed by atoms with Crippen LogP contribution in [-0.2, 0) is 14.8 Å². The summed E-state index contributed by atoms with van der Waals surface area (Å²) in [6, 6.07) is 10.3. The van der Waals surface area contributed by atoms with E-state index in [-0.39, 0.29) is 4.90 Å². The summed E-state index contributed by atoms with van der Waals surface area (Å²) < 4.78 is 25.3. The summed E-state index contributed by atoms with van der Waals surface area (Å²) in [5.41, 5.74) is 0.450. The average Bonchev–Trinajstić information content (AvgIpc) is 2.50. The SMILES string of the molecule is CC(=O)N1c2cccc3cccc(c23)S1(=O)=O. The maximum atomic E-state index is 12.2. The quantitative estimate of drug-likeness (QED) is 0.714. The summed E-state index contributed by atoms with van der Waals surface area (Å²) in [5.74, 6) is -0.492.